The van der Waals surface area contributed by atoms with E-state index in [0.717, 1.165) is 18.6 Å². The van der Waals surface area contributed by atoms with Crippen molar-refractivity contribution in [2.75, 3.05) is 13.2 Å². The summed E-state index contributed by atoms with van der Waals surface area (Å²) in [5.74, 6) is 0.681. The van der Waals surface area contributed by atoms with Crippen LogP contribution in [0.5, 0.6) is 5.75 Å². The number of hydrogen-bond acceptors (Lipinski definition) is 3. The predicted molar refractivity (Wildman–Crippen MR) is 77.8 cm³/mol. The van der Waals surface area contributed by atoms with Crippen LogP contribution in [0.25, 0.3) is 0 Å². The monoisotopic (exact) mass is 275 g/mol. The minimum atomic E-state index is -0.174. The van der Waals surface area contributed by atoms with Gasteiger partial charge in [-0.25, -0.2) is 0 Å². The molecule has 0 aliphatic carbocycles. The highest BCUT2D eigenvalue weighted by molar-refractivity contribution is 5.87. The van der Waals surface area contributed by atoms with Crippen LogP contribution in [0.4, 0.5) is 0 Å². The topological polar surface area (TPSA) is 47.6 Å². The average Bonchev–Trinajstić information content (AvgIpc) is 2.47. The molecule has 4 nitrogen and oxygen atoms in total. The zero-order valence-corrected chi connectivity index (χ0v) is 11.8. The third-order valence-corrected chi connectivity index (χ3v) is 3.31. The molecule has 1 aromatic rings. The van der Waals surface area contributed by atoms with E-state index in [-0.39, 0.29) is 18.1 Å². The van der Waals surface area contributed by atoms with Gasteiger partial charge in [0, 0.05) is 6.42 Å². The van der Waals surface area contributed by atoms with Crippen LogP contribution < -0.4 is 10.1 Å². The number of carbonyl (C=O) groups is 1. The number of rotatable bonds is 5. The van der Waals surface area contributed by atoms with Gasteiger partial charge in [-0.1, -0.05) is 25.6 Å². The molecule has 1 saturated heterocycles. The minimum absolute atomic E-state index is 0.0198. The quantitative estimate of drug-likeness (QED) is 0.837. The molecule has 108 valence electrons. The molecule has 1 amide bonds. The van der Waals surface area contributed by atoms with Gasteiger partial charge < -0.3 is 14.8 Å². The summed E-state index contributed by atoms with van der Waals surface area (Å²) in [4.78, 5) is 11.3. The van der Waals surface area contributed by atoms with E-state index in [9.17, 15) is 4.79 Å². The molecule has 1 aromatic carbocycles. The zero-order chi connectivity index (χ0) is 14.4. The number of ether oxygens (including phenoxy) is 2. The molecule has 1 fully saturated rings. The number of nitrogens with one attached hydrogen (secondary N) is 1. The smallest absolute Gasteiger partial charge is 0.243 e. The zero-order valence-electron chi connectivity index (χ0n) is 11.8. The third kappa shape index (κ3) is 4.10. The van der Waals surface area contributed by atoms with Crippen molar-refractivity contribution in [2.24, 2.45) is 0 Å². The summed E-state index contributed by atoms with van der Waals surface area (Å²) in [5, 5.41) is 2.84. The maximum absolute atomic E-state index is 11.3. The number of carbonyl (C=O) groups excluding carboxylic acids is 1. The van der Waals surface area contributed by atoms with Crippen molar-refractivity contribution >= 4 is 5.91 Å². The maximum Gasteiger partial charge on any atom is 0.243 e. The summed E-state index contributed by atoms with van der Waals surface area (Å²) >= 11 is 0. The fraction of sp³-hybridized carbons (Fsp3) is 0.438. The Balaban J connectivity index is 1.91. The van der Waals surface area contributed by atoms with Crippen LogP contribution in [-0.4, -0.2) is 31.3 Å². The third-order valence-electron chi connectivity index (χ3n) is 3.31. The Bertz CT molecular complexity index is 473. The number of benzene rings is 1. The molecule has 2 atom stereocenters. The Morgan fingerprint density at radius 3 is 3.15 bits per heavy atom. The van der Waals surface area contributed by atoms with Gasteiger partial charge in [0.15, 0.2) is 0 Å². The second-order valence-corrected chi connectivity index (χ2v) is 4.92. The molecule has 0 saturated carbocycles. The Morgan fingerprint density at radius 1 is 1.55 bits per heavy atom. The van der Waals surface area contributed by atoms with E-state index < -0.39 is 0 Å². The van der Waals surface area contributed by atoms with Gasteiger partial charge in [-0.05, 0) is 30.2 Å². The van der Waals surface area contributed by atoms with E-state index in [1.807, 2.05) is 18.2 Å². The first kappa shape index (κ1) is 14.6. The van der Waals surface area contributed by atoms with Gasteiger partial charge in [0.05, 0.1) is 19.3 Å². The van der Waals surface area contributed by atoms with Gasteiger partial charge in [-0.2, -0.15) is 0 Å². The average molecular weight is 275 g/mol. The lowest BCUT2D eigenvalue weighted by Gasteiger charge is -2.30. The molecular weight excluding hydrogens is 254 g/mol. The molecule has 2 rings (SSSR count). The molecule has 20 heavy (non-hydrogen) atoms. The normalized spacial score (nSPS) is 22.1. The van der Waals surface area contributed by atoms with Crippen LogP contribution in [0.2, 0.25) is 0 Å². The Kier molecular flexibility index (Phi) is 5.18. The van der Waals surface area contributed by atoms with Crippen molar-refractivity contribution in [3.8, 4) is 5.75 Å². The van der Waals surface area contributed by atoms with Crippen molar-refractivity contribution in [1.29, 1.82) is 0 Å². The molecule has 1 heterocycles. The lowest BCUT2D eigenvalue weighted by molar-refractivity contribution is -0.118. The van der Waals surface area contributed by atoms with Crippen LogP contribution in [-0.2, 0) is 16.0 Å². The lowest BCUT2D eigenvalue weighted by Crippen LogP contribution is -2.46. The van der Waals surface area contributed by atoms with E-state index in [1.54, 1.807) is 0 Å². The molecule has 0 radical (unpaired) electrons. The highest BCUT2D eigenvalue weighted by Crippen LogP contribution is 2.19. The summed E-state index contributed by atoms with van der Waals surface area (Å²) in [6, 6.07) is 8.05. The number of hydrogen-bond donors (Lipinski definition) is 1. The fourth-order valence-electron chi connectivity index (χ4n) is 2.27. The number of amides is 1. The predicted octanol–water partition coefficient (Wildman–Crippen LogP) is 2.09. The molecule has 1 aliphatic heterocycles. The summed E-state index contributed by atoms with van der Waals surface area (Å²) in [7, 11) is 0. The summed E-state index contributed by atoms with van der Waals surface area (Å²) in [6.45, 7) is 6.64. The van der Waals surface area contributed by atoms with E-state index in [2.05, 4.69) is 24.9 Å². The van der Waals surface area contributed by atoms with Gasteiger partial charge in [0.25, 0.3) is 0 Å². The molecular formula is C16H21NO3. The molecule has 1 N–H and O–H groups in total. The first-order valence-corrected chi connectivity index (χ1v) is 6.97. The van der Waals surface area contributed by atoms with Crippen LogP contribution in [0.1, 0.15) is 18.9 Å². The SMILES string of the molecule is C=CC(=O)NC1COCC(Oc2cccc(CC)c2)C1. The summed E-state index contributed by atoms with van der Waals surface area (Å²) in [5.41, 5.74) is 1.25. The minimum Gasteiger partial charge on any atom is -0.488 e. The molecule has 0 spiro atoms. The van der Waals surface area contributed by atoms with E-state index >= 15 is 0 Å². The van der Waals surface area contributed by atoms with Gasteiger partial charge >= 0.3 is 0 Å². The molecule has 4 heteroatoms. The molecule has 0 aromatic heterocycles. The first-order valence-electron chi connectivity index (χ1n) is 6.97. The Morgan fingerprint density at radius 2 is 2.40 bits per heavy atom. The lowest BCUT2D eigenvalue weighted by atomic mass is 10.1. The van der Waals surface area contributed by atoms with Gasteiger partial charge in [-0.3, -0.25) is 4.79 Å². The Labute approximate surface area is 119 Å². The van der Waals surface area contributed by atoms with E-state index in [0.29, 0.717) is 13.2 Å². The van der Waals surface area contributed by atoms with Crippen molar-refractivity contribution < 1.29 is 14.3 Å². The second-order valence-electron chi connectivity index (χ2n) is 4.92. The van der Waals surface area contributed by atoms with Crippen molar-refractivity contribution in [3.05, 3.63) is 42.5 Å². The second kappa shape index (κ2) is 7.10. The summed E-state index contributed by atoms with van der Waals surface area (Å²) < 4.78 is 11.4. The van der Waals surface area contributed by atoms with Crippen LogP contribution in [0.15, 0.2) is 36.9 Å². The van der Waals surface area contributed by atoms with E-state index in [1.165, 1.54) is 11.6 Å². The largest absolute Gasteiger partial charge is 0.488 e. The molecule has 1 aliphatic rings. The van der Waals surface area contributed by atoms with Gasteiger partial charge in [0.2, 0.25) is 5.91 Å². The standard InChI is InChI=1S/C16H21NO3/c1-3-12-6-5-7-14(8-12)20-15-9-13(10-19-11-15)17-16(18)4-2/h4-8,13,15H,2-3,9-11H2,1H3,(H,17,18). The van der Waals surface area contributed by atoms with Crippen molar-refractivity contribution in [3.63, 3.8) is 0 Å². The van der Waals surface area contributed by atoms with Gasteiger partial charge in [0.1, 0.15) is 11.9 Å². The Hall–Kier alpha value is -1.81. The fourth-order valence-corrected chi connectivity index (χ4v) is 2.27. The summed E-state index contributed by atoms with van der Waals surface area (Å²) in [6.07, 6.45) is 2.97. The van der Waals surface area contributed by atoms with E-state index in [4.69, 9.17) is 9.47 Å². The first-order chi connectivity index (χ1) is 9.71. The maximum atomic E-state index is 11.3. The number of aryl methyl sites for hydroxylation is 1. The molecule has 2 unspecified atom stereocenters. The highest BCUT2D eigenvalue weighted by atomic mass is 16.5. The van der Waals surface area contributed by atoms with Crippen LogP contribution in [0, 0.1) is 0 Å². The van der Waals surface area contributed by atoms with Crippen molar-refractivity contribution in [1.82, 2.24) is 5.32 Å². The highest BCUT2D eigenvalue weighted by Gasteiger charge is 2.24. The molecule has 0 bridgehead atoms. The van der Waals surface area contributed by atoms with Crippen molar-refractivity contribution in [2.45, 2.75) is 31.9 Å². The van der Waals surface area contributed by atoms with Gasteiger partial charge in [-0.15, -0.1) is 0 Å². The van der Waals surface area contributed by atoms with Crippen LogP contribution >= 0.6 is 0 Å². The van der Waals surface area contributed by atoms with Crippen LogP contribution in [0.3, 0.4) is 0 Å².